The number of carbonyl (C=O) groups is 1. The molecule has 5 aromatic rings. The summed E-state index contributed by atoms with van der Waals surface area (Å²) in [6.45, 7) is 0. The minimum Gasteiger partial charge on any atom is -0.266 e. The van der Waals surface area contributed by atoms with Crippen molar-refractivity contribution < 1.29 is 4.79 Å². The summed E-state index contributed by atoms with van der Waals surface area (Å²) >= 11 is 6.94. The van der Waals surface area contributed by atoms with Crippen LogP contribution in [0.1, 0.15) is 21.6 Å². The van der Waals surface area contributed by atoms with Gasteiger partial charge >= 0.3 is 0 Å². The number of hydrogen-bond donors (Lipinski definition) is 1. The molecule has 0 spiro atoms. The van der Waals surface area contributed by atoms with Gasteiger partial charge in [0.05, 0.1) is 17.1 Å². The molecule has 1 aliphatic carbocycles. The average Bonchev–Trinajstić information content (AvgIpc) is 3.53. The number of thiazole rings is 1. The van der Waals surface area contributed by atoms with E-state index in [9.17, 15) is 4.79 Å². The first-order valence-corrected chi connectivity index (χ1v) is 11.8. The number of benzene rings is 3. The molecule has 0 aliphatic heterocycles. The van der Waals surface area contributed by atoms with Crippen LogP contribution in [0.3, 0.4) is 0 Å². The number of nitrogens with one attached hydrogen (secondary N) is 1. The van der Waals surface area contributed by atoms with E-state index in [1.165, 1.54) is 16.9 Å². The highest BCUT2D eigenvalue weighted by atomic mass is 32.1. The number of para-hydroxylation sites is 1. The minimum atomic E-state index is -0.277. The SMILES string of the molecule is O=C(Nn1c(-c2ccccc2)csc1=S)c1nn(-c2ccccc2)c2c1Cc1ccccc1-2. The van der Waals surface area contributed by atoms with Crippen LogP contribution in [0.15, 0.2) is 90.3 Å². The maximum atomic E-state index is 13.6. The van der Waals surface area contributed by atoms with Crippen molar-refractivity contribution in [3.8, 4) is 28.2 Å². The molecule has 7 heteroatoms. The molecule has 3 aromatic carbocycles. The van der Waals surface area contributed by atoms with Gasteiger partial charge in [-0.1, -0.05) is 72.8 Å². The fraction of sp³-hybridized carbons (Fsp3) is 0.0385. The molecule has 2 heterocycles. The molecule has 1 amide bonds. The van der Waals surface area contributed by atoms with E-state index in [0.29, 0.717) is 16.1 Å². The molecule has 6 rings (SSSR count). The Morgan fingerprint density at radius 1 is 0.939 bits per heavy atom. The van der Waals surface area contributed by atoms with E-state index in [1.807, 2.05) is 82.9 Å². The monoisotopic (exact) mass is 466 g/mol. The Kier molecular flexibility index (Phi) is 4.78. The molecule has 160 valence electrons. The third kappa shape index (κ3) is 3.33. The second-order valence-electron chi connectivity index (χ2n) is 7.79. The van der Waals surface area contributed by atoms with Gasteiger partial charge in [-0.15, -0.1) is 11.3 Å². The minimum absolute atomic E-state index is 0.277. The van der Waals surface area contributed by atoms with Gasteiger partial charge in [-0.25, -0.2) is 9.36 Å². The zero-order valence-corrected chi connectivity index (χ0v) is 19.1. The van der Waals surface area contributed by atoms with Crippen LogP contribution in [0.25, 0.3) is 28.2 Å². The van der Waals surface area contributed by atoms with E-state index in [0.717, 1.165) is 33.8 Å². The van der Waals surface area contributed by atoms with Crippen LogP contribution in [-0.2, 0) is 6.42 Å². The Morgan fingerprint density at radius 2 is 1.64 bits per heavy atom. The summed E-state index contributed by atoms with van der Waals surface area (Å²) in [6, 6.07) is 28.1. The van der Waals surface area contributed by atoms with Crippen molar-refractivity contribution in [3.05, 3.63) is 111 Å². The summed E-state index contributed by atoms with van der Waals surface area (Å²) < 4.78 is 4.12. The van der Waals surface area contributed by atoms with Crippen LogP contribution < -0.4 is 5.43 Å². The normalized spacial score (nSPS) is 11.8. The summed E-state index contributed by atoms with van der Waals surface area (Å²) in [6.07, 6.45) is 0.668. The lowest BCUT2D eigenvalue weighted by Crippen LogP contribution is -2.25. The predicted molar refractivity (Wildman–Crippen MR) is 134 cm³/mol. The maximum absolute atomic E-state index is 13.6. The van der Waals surface area contributed by atoms with Crippen molar-refractivity contribution in [1.82, 2.24) is 14.5 Å². The largest absolute Gasteiger partial charge is 0.290 e. The summed E-state index contributed by atoms with van der Waals surface area (Å²) in [5.41, 5.74) is 10.4. The van der Waals surface area contributed by atoms with Crippen LogP contribution >= 0.6 is 23.6 Å². The van der Waals surface area contributed by atoms with Crippen molar-refractivity contribution >= 4 is 29.5 Å². The second kappa shape index (κ2) is 7.95. The molecule has 0 unspecified atom stereocenters. The van der Waals surface area contributed by atoms with Gasteiger partial charge in [0, 0.05) is 28.5 Å². The van der Waals surface area contributed by atoms with Crippen molar-refractivity contribution in [2.75, 3.05) is 5.43 Å². The van der Waals surface area contributed by atoms with Gasteiger partial charge in [0.15, 0.2) is 9.65 Å². The highest BCUT2D eigenvalue weighted by Crippen LogP contribution is 2.39. The zero-order valence-electron chi connectivity index (χ0n) is 17.4. The predicted octanol–water partition coefficient (Wildman–Crippen LogP) is 6.09. The highest BCUT2D eigenvalue weighted by molar-refractivity contribution is 7.73. The summed E-state index contributed by atoms with van der Waals surface area (Å²) in [7, 11) is 0. The number of rotatable bonds is 4. The van der Waals surface area contributed by atoms with Crippen molar-refractivity contribution in [2.45, 2.75) is 6.42 Å². The summed E-state index contributed by atoms with van der Waals surface area (Å²) in [5, 5.41) is 6.73. The van der Waals surface area contributed by atoms with E-state index < -0.39 is 0 Å². The first-order valence-electron chi connectivity index (χ1n) is 10.5. The van der Waals surface area contributed by atoms with Gasteiger partial charge in [0.2, 0.25) is 0 Å². The molecule has 0 saturated heterocycles. The van der Waals surface area contributed by atoms with Gasteiger partial charge in [0.25, 0.3) is 5.91 Å². The van der Waals surface area contributed by atoms with Crippen molar-refractivity contribution in [3.63, 3.8) is 0 Å². The topological polar surface area (TPSA) is 51.9 Å². The second-order valence-corrected chi connectivity index (χ2v) is 9.29. The molecule has 0 bridgehead atoms. The Labute approximate surface area is 199 Å². The number of hydrogen-bond acceptors (Lipinski definition) is 4. The number of aromatic nitrogens is 3. The third-order valence-electron chi connectivity index (χ3n) is 5.82. The quantitative estimate of drug-likeness (QED) is 0.320. The maximum Gasteiger partial charge on any atom is 0.290 e. The van der Waals surface area contributed by atoms with Gasteiger partial charge in [-0.05, 0) is 29.9 Å². The Balaban J connectivity index is 1.45. The van der Waals surface area contributed by atoms with Gasteiger partial charge in [-0.3, -0.25) is 10.2 Å². The average molecular weight is 467 g/mol. The van der Waals surface area contributed by atoms with E-state index in [1.54, 1.807) is 4.68 Å². The smallest absolute Gasteiger partial charge is 0.266 e. The molecule has 2 aromatic heterocycles. The Bertz CT molecular complexity index is 1550. The van der Waals surface area contributed by atoms with Crippen LogP contribution in [0.2, 0.25) is 0 Å². The third-order valence-corrected chi connectivity index (χ3v) is 7.01. The number of nitrogens with zero attached hydrogens (tertiary/aromatic N) is 3. The first-order chi connectivity index (χ1) is 16.2. The van der Waals surface area contributed by atoms with Crippen LogP contribution in [0.5, 0.6) is 0 Å². The molecule has 33 heavy (non-hydrogen) atoms. The lowest BCUT2D eigenvalue weighted by Gasteiger charge is -2.10. The molecule has 1 aliphatic rings. The lowest BCUT2D eigenvalue weighted by atomic mass is 10.1. The molecular weight excluding hydrogens is 448 g/mol. The Hall–Kier alpha value is -3.81. The highest BCUT2D eigenvalue weighted by Gasteiger charge is 2.31. The van der Waals surface area contributed by atoms with Crippen LogP contribution in [0.4, 0.5) is 0 Å². The van der Waals surface area contributed by atoms with Crippen molar-refractivity contribution in [2.24, 2.45) is 0 Å². The number of amides is 1. The molecule has 0 saturated carbocycles. The van der Waals surface area contributed by atoms with Gasteiger partial charge in [-0.2, -0.15) is 5.10 Å². The standard InChI is InChI=1S/C26H18N4OS2/c31-25(28-30-22(16-33-26(30)32)17-9-3-1-4-10-17)23-21-15-18-11-7-8-14-20(18)24(21)29(27-23)19-12-5-2-6-13-19/h1-14,16H,15H2,(H,28,31). The zero-order chi connectivity index (χ0) is 22.4. The Morgan fingerprint density at radius 3 is 2.42 bits per heavy atom. The van der Waals surface area contributed by atoms with E-state index in [2.05, 4.69) is 17.6 Å². The lowest BCUT2D eigenvalue weighted by molar-refractivity contribution is 0.100. The fourth-order valence-electron chi connectivity index (χ4n) is 4.31. The van der Waals surface area contributed by atoms with E-state index >= 15 is 0 Å². The summed E-state index contributed by atoms with van der Waals surface area (Å²) in [5.74, 6) is -0.277. The van der Waals surface area contributed by atoms with Gasteiger partial charge in [0.1, 0.15) is 0 Å². The summed E-state index contributed by atoms with van der Waals surface area (Å²) in [4.78, 5) is 13.6. The van der Waals surface area contributed by atoms with Gasteiger partial charge < -0.3 is 0 Å². The number of fused-ring (bicyclic) bond motifs is 3. The van der Waals surface area contributed by atoms with Crippen molar-refractivity contribution in [1.29, 1.82) is 0 Å². The number of carbonyl (C=O) groups excluding carboxylic acids is 1. The fourth-order valence-corrected chi connectivity index (χ4v) is 5.30. The van der Waals surface area contributed by atoms with E-state index in [-0.39, 0.29) is 5.91 Å². The first kappa shape index (κ1) is 19.8. The molecule has 0 atom stereocenters. The molecule has 1 N–H and O–H groups in total. The molecular formula is C26H18N4OS2. The molecule has 0 fully saturated rings. The van der Waals surface area contributed by atoms with E-state index in [4.69, 9.17) is 17.3 Å². The molecule has 5 nitrogen and oxygen atoms in total. The molecule has 0 radical (unpaired) electrons. The van der Waals surface area contributed by atoms with Crippen LogP contribution in [-0.4, -0.2) is 20.4 Å². The van der Waals surface area contributed by atoms with Crippen LogP contribution in [0, 0.1) is 3.95 Å².